The molecule has 0 atom stereocenters. The maximum Gasteiger partial charge on any atom is 0.135 e. The van der Waals surface area contributed by atoms with Crippen molar-refractivity contribution in [2.24, 2.45) is 17.3 Å². The van der Waals surface area contributed by atoms with Crippen molar-refractivity contribution >= 4 is 5.78 Å². The summed E-state index contributed by atoms with van der Waals surface area (Å²) in [5.41, 5.74) is 0.0611. The van der Waals surface area contributed by atoms with Crippen molar-refractivity contribution in [3.05, 3.63) is 0 Å². The maximum absolute atomic E-state index is 11.5. The predicted octanol–water partition coefficient (Wildman–Crippen LogP) is 4.88. The number of hydrogen-bond donors (Lipinski definition) is 0. The van der Waals surface area contributed by atoms with E-state index in [1.807, 2.05) is 13.8 Å². The Labute approximate surface area is 138 Å². The average Bonchev–Trinajstić information content (AvgIpc) is 2.41. The molecule has 0 N–H and O–H groups in total. The first-order valence-electron chi connectivity index (χ1n) is 8.93. The first kappa shape index (κ1) is 21.6. The van der Waals surface area contributed by atoms with Crippen LogP contribution in [0.3, 0.4) is 0 Å². The van der Waals surface area contributed by atoms with Gasteiger partial charge in [-0.05, 0) is 31.6 Å². The fraction of sp³-hybridized carbons (Fsp3) is 0.947. The Balaban J connectivity index is 3.53. The highest BCUT2D eigenvalue weighted by Gasteiger charge is 2.18. The van der Waals surface area contributed by atoms with Gasteiger partial charge in [-0.15, -0.1) is 0 Å². The molecule has 0 aromatic heterocycles. The Morgan fingerprint density at radius 1 is 0.909 bits per heavy atom. The van der Waals surface area contributed by atoms with Gasteiger partial charge in [-0.2, -0.15) is 0 Å². The van der Waals surface area contributed by atoms with Crippen LogP contribution in [0.1, 0.15) is 73.6 Å². The second-order valence-corrected chi connectivity index (χ2v) is 7.88. The van der Waals surface area contributed by atoms with Crippen LogP contribution in [-0.2, 0) is 14.3 Å². The number of carbonyl (C=O) groups excluding carboxylic acids is 1. The molecule has 0 bridgehead atoms. The average molecular weight is 315 g/mol. The molecule has 0 fully saturated rings. The molecular formula is C19H38O3. The molecule has 0 heterocycles. The van der Waals surface area contributed by atoms with Crippen molar-refractivity contribution in [1.29, 1.82) is 0 Å². The summed E-state index contributed by atoms with van der Waals surface area (Å²) < 4.78 is 11.5. The Hall–Kier alpha value is -0.410. The Morgan fingerprint density at radius 3 is 1.95 bits per heavy atom. The molecule has 0 aromatic carbocycles. The van der Waals surface area contributed by atoms with Crippen molar-refractivity contribution in [1.82, 2.24) is 0 Å². The van der Waals surface area contributed by atoms with Gasteiger partial charge in [-0.1, -0.05) is 41.5 Å². The molecule has 0 unspecified atom stereocenters. The minimum absolute atomic E-state index is 0.0611. The fourth-order valence-electron chi connectivity index (χ4n) is 2.12. The number of Topliss-reactive ketones (excluding diaryl/α,β-unsaturated/α-hetero) is 1. The van der Waals surface area contributed by atoms with E-state index >= 15 is 0 Å². The first-order valence-corrected chi connectivity index (χ1v) is 8.93. The highest BCUT2D eigenvalue weighted by molar-refractivity contribution is 5.80. The fourth-order valence-corrected chi connectivity index (χ4v) is 2.12. The van der Waals surface area contributed by atoms with Crippen LogP contribution >= 0.6 is 0 Å². The van der Waals surface area contributed by atoms with Gasteiger partial charge in [0.1, 0.15) is 5.78 Å². The Morgan fingerprint density at radius 2 is 1.45 bits per heavy atom. The van der Waals surface area contributed by atoms with E-state index in [1.54, 1.807) is 0 Å². The predicted molar refractivity (Wildman–Crippen MR) is 93.2 cm³/mol. The molecule has 0 aliphatic heterocycles. The number of unbranched alkanes of at least 4 members (excludes halogenated alkanes) is 1. The zero-order valence-electron chi connectivity index (χ0n) is 15.7. The van der Waals surface area contributed by atoms with Crippen LogP contribution in [0.4, 0.5) is 0 Å². The molecule has 0 rings (SSSR count). The minimum atomic E-state index is 0.0611. The number of rotatable bonds is 14. The minimum Gasteiger partial charge on any atom is -0.381 e. The maximum atomic E-state index is 11.5. The van der Waals surface area contributed by atoms with E-state index in [2.05, 4.69) is 27.7 Å². The third-order valence-corrected chi connectivity index (χ3v) is 3.66. The van der Waals surface area contributed by atoms with Crippen LogP contribution in [0, 0.1) is 17.3 Å². The summed E-state index contributed by atoms with van der Waals surface area (Å²) in [5, 5.41) is 0. The summed E-state index contributed by atoms with van der Waals surface area (Å²) in [6.07, 6.45) is 4.95. The van der Waals surface area contributed by atoms with Gasteiger partial charge in [0, 0.05) is 31.0 Å². The van der Waals surface area contributed by atoms with E-state index < -0.39 is 0 Å². The van der Waals surface area contributed by atoms with Crippen molar-refractivity contribution in [2.75, 3.05) is 26.4 Å². The third kappa shape index (κ3) is 13.3. The van der Waals surface area contributed by atoms with Gasteiger partial charge < -0.3 is 9.47 Å². The van der Waals surface area contributed by atoms with Gasteiger partial charge >= 0.3 is 0 Å². The van der Waals surface area contributed by atoms with Gasteiger partial charge in [0.2, 0.25) is 0 Å². The van der Waals surface area contributed by atoms with Gasteiger partial charge in [-0.3, -0.25) is 4.79 Å². The molecule has 132 valence electrons. The molecule has 0 aromatic rings. The largest absolute Gasteiger partial charge is 0.381 e. The van der Waals surface area contributed by atoms with Crippen LogP contribution in [0.25, 0.3) is 0 Å². The van der Waals surface area contributed by atoms with Crippen LogP contribution in [0.5, 0.6) is 0 Å². The van der Waals surface area contributed by atoms with E-state index in [0.29, 0.717) is 12.2 Å². The molecule has 0 saturated carbocycles. The summed E-state index contributed by atoms with van der Waals surface area (Å²) in [6.45, 7) is 15.8. The van der Waals surface area contributed by atoms with Gasteiger partial charge in [0.15, 0.2) is 0 Å². The smallest absolute Gasteiger partial charge is 0.135 e. The quantitative estimate of drug-likeness (QED) is 0.429. The van der Waals surface area contributed by atoms with Crippen molar-refractivity contribution in [3.63, 3.8) is 0 Å². The third-order valence-electron chi connectivity index (χ3n) is 3.66. The summed E-state index contributed by atoms with van der Waals surface area (Å²) >= 11 is 0. The second-order valence-electron chi connectivity index (χ2n) is 7.88. The molecular weight excluding hydrogens is 276 g/mol. The highest BCUT2D eigenvalue weighted by Crippen LogP contribution is 2.17. The van der Waals surface area contributed by atoms with Crippen LogP contribution in [0.2, 0.25) is 0 Å². The summed E-state index contributed by atoms with van der Waals surface area (Å²) in [6, 6.07) is 0. The molecule has 0 spiro atoms. The Bertz CT molecular complexity index is 282. The molecule has 3 heteroatoms. The summed E-state index contributed by atoms with van der Waals surface area (Å²) in [7, 11) is 0. The first-order chi connectivity index (χ1) is 10.2. The lowest BCUT2D eigenvalue weighted by molar-refractivity contribution is -0.122. The van der Waals surface area contributed by atoms with E-state index in [4.69, 9.17) is 9.47 Å². The number of carbonyl (C=O) groups is 1. The zero-order chi connectivity index (χ0) is 17.0. The molecule has 0 amide bonds. The number of hydrogen-bond acceptors (Lipinski definition) is 3. The number of ether oxygens (including phenoxy) is 2. The van der Waals surface area contributed by atoms with E-state index in [1.165, 1.54) is 6.42 Å². The second kappa shape index (κ2) is 12.1. The molecule has 0 radical (unpaired) electrons. The normalized spacial score (nSPS) is 12.4. The lowest BCUT2D eigenvalue weighted by Gasteiger charge is -2.24. The van der Waals surface area contributed by atoms with Gasteiger partial charge in [0.05, 0.1) is 13.2 Å². The standard InChI is InChI=1S/C19H38O3/c1-16(2)10-9-13-22-15-19(5,6)14-21-12-8-7-11-18(20)17(3)4/h16-17H,7-15H2,1-6H3. The zero-order valence-corrected chi connectivity index (χ0v) is 15.7. The molecule has 0 aliphatic carbocycles. The van der Waals surface area contributed by atoms with Crippen molar-refractivity contribution in [3.8, 4) is 0 Å². The highest BCUT2D eigenvalue weighted by atomic mass is 16.5. The SMILES string of the molecule is CC(C)CCCOCC(C)(C)COCCCCC(=O)C(C)C. The number of ketones is 1. The van der Waals surface area contributed by atoms with Crippen molar-refractivity contribution in [2.45, 2.75) is 73.6 Å². The summed E-state index contributed by atoms with van der Waals surface area (Å²) in [5.74, 6) is 1.27. The molecule has 22 heavy (non-hydrogen) atoms. The topological polar surface area (TPSA) is 35.5 Å². The van der Waals surface area contributed by atoms with Crippen molar-refractivity contribution < 1.29 is 14.3 Å². The lowest BCUT2D eigenvalue weighted by Crippen LogP contribution is -2.26. The van der Waals surface area contributed by atoms with Crippen LogP contribution in [-0.4, -0.2) is 32.2 Å². The van der Waals surface area contributed by atoms with Crippen LogP contribution in [0.15, 0.2) is 0 Å². The van der Waals surface area contributed by atoms with E-state index in [0.717, 1.165) is 51.6 Å². The van der Waals surface area contributed by atoms with E-state index in [9.17, 15) is 4.79 Å². The molecule has 3 nitrogen and oxygen atoms in total. The van der Waals surface area contributed by atoms with E-state index in [-0.39, 0.29) is 11.3 Å². The summed E-state index contributed by atoms with van der Waals surface area (Å²) in [4.78, 5) is 11.5. The molecule has 0 aliphatic rings. The Kier molecular flexibility index (Phi) is 11.8. The van der Waals surface area contributed by atoms with Gasteiger partial charge in [0.25, 0.3) is 0 Å². The monoisotopic (exact) mass is 314 g/mol. The molecule has 0 saturated heterocycles. The van der Waals surface area contributed by atoms with Gasteiger partial charge in [-0.25, -0.2) is 0 Å². The lowest BCUT2D eigenvalue weighted by atomic mass is 9.96. The van der Waals surface area contributed by atoms with Crippen LogP contribution < -0.4 is 0 Å².